The van der Waals surface area contributed by atoms with Crippen molar-refractivity contribution in [2.45, 2.75) is 50.7 Å². The smallest absolute Gasteiger partial charge is 0.345 e. The number of hydrogen-bond donors (Lipinski definition) is 2. The van der Waals surface area contributed by atoms with E-state index in [0.717, 1.165) is 35.5 Å². The molecule has 1 aliphatic rings. The first-order valence-corrected chi connectivity index (χ1v) is 11.9. The van der Waals surface area contributed by atoms with E-state index in [1.54, 1.807) is 0 Å². The molecule has 8 heteroatoms. The molecule has 0 saturated carbocycles. The molecule has 1 aromatic carbocycles. The number of thiophene rings is 1. The van der Waals surface area contributed by atoms with E-state index in [1.807, 2.05) is 25.1 Å². The number of carboxylic acid groups (broad SMARTS) is 1. The second-order valence-corrected chi connectivity index (χ2v) is 9.49. The van der Waals surface area contributed by atoms with Gasteiger partial charge in [0.15, 0.2) is 0 Å². The number of amides is 1. The SMILES string of the molecule is C[C@@H](CCCc1ccccc1)[C@H](O)/C=C/C1CC(F)(F)C(=O)N1CC#Cc1ccc(C(=O)O)s1. The summed E-state index contributed by atoms with van der Waals surface area (Å²) in [6, 6.07) is 12.1. The van der Waals surface area contributed by atoms with Gasteiger partial charge in [0.05, 0.1) is 23.6 Å². The van der Waals surface area contributed by atoms with Gasteiger partial charge < -0.3 is 15.1 Å². The van der Waals surface area contributed by atoms with Gasteiger partial charge in [-0.05, 0) is 42.9 Å². The summed E-state index contributed by atoms with van der Waals surface area (Å²) in [5.74, 6) is -0.484. The van der Waals surface area contributed by atoms with Crippen LogP contribution in [0, 0.1) is 17.8 Å². The van der Waals surface area contributed by atoms with Crippen molar-refractivity contribution in [1.82, 2.24) is 4.90 Å². The van der Waals surface area contributed by atoms with Crippen LogP contribution in [0.4, 0.5) is 8.78 Å². The van der Waals surface area contributed by atoms with Crippen molar-refractivity contribution in [3.63, 3.8) is 0 Å². The summed E-state index contributed by atoms with van der Waals surface area (Å²) in [6.07, 6.45) is 4.04. The van der Waals surface area contributed by atoms with E-state index < -0.39 is 36.4 Å². The molecule has 0 aliphatic carbocycles. The van der Waals surface area contributed by atoms with Crippen LogP contribution in [-0.2, 0) is 11.2 Å². The van der Waals surface area contributed by atoms with Crippen molar-refractivity contribution < 1.29 is 28.6 Å². The maximum atomic E-state index is 14.1. The van der Waals surface area contributed by atoms with Crippen LogP contribution in [0.3, 0.4) is 0 Å². The molecule has 1 fully saturated rings. The van der Waals surface area contributed by atoms with Gasteiger partial charge >= 0.3 is 11.9 Å². The highest BCUT2D eigenvalue weighted by Gasteiger charge is 2.52. The van der Waals surface area contributed by atoms with Crippen molar-refractivity contribution in [3.05, 3.63) is 69.9 Å². The highest BCUT2D eigenvalue weighted by Crippen LogP contribution is 2.34. The molecule has 0 radical (unpaired) electrons. The predicted octanol–water partition coefficient (Wildman–Crippen LogP) is 4.61. The van der Waals surface area contributed by atoms with Gasteiger partial charge in [-0.2, -0.15) is 8.78 Å². The molecule has 1 aromatic heterocycles. The van der Waals surface area contributed by atoms with Crippen LogP contribution in [0.5, 0.6) is 0 Å². The number of aryl methyl sites for hydroxylation is 1. The Labute approximate surface area is 201 Å². The summed E-state index contributed by atoms with van der Waals surface area (Å²) in [5.41, 5.74) is 1.23. The minimum absolute atomic E-state index is 0.0620. The molecule has 180 valence electrons. The maximum absolute atomic E-state index is 14.1. The van der Waals surface area contributed by atoms with Crippen molar-refractivity contribution in [2.75, 3.05) is 6.54 Å². The number of benzene rings is 1. The molecular formula is C26H27F2NO4S. The predicted molar refractivity (Wildman–Crippen MR) is 127 cm³/mol. The third kappa shape index (κ3) is 6.75. The fourth-order valence-corrected chi connectivity index (χ4v) is 4.51. The van der Waals surface area contributed by atoms with E-state index in [4.69, 9.17) is 5.11 Å². The summed E-state index contributed by atoms with van der Waals surface area (Å²) in [7, 11) is 0. The molecular weight excluding hydrogens is 460 g/mol. The molecule has 1 saturated heterocycles. The first kappa shape index (κ1) is 25.6. The summed E-state index contributed by atoms with van der Waals surface area (Å²) >= 11 is 0.975. The molecule has 5 nitrogen and oxygen atoms in total. The fraction of sp³-hybridized carbons (Fsp3) is 0.385. The lowest BCUT2D eigenvalue weighted by Crippen LogP contribution is -2.36. The number of nitrogens with zero attached hydrogens (tertiary/aromatic N) is 1. The highest BCUT2D eigenvalue weighted by atomic mass is 32.1. The van der Waals surface area contributed by atoms with E-state index in [2.05, 4.69) is 24.0 Å². The first-order valence-electron chi connectivity index (χ1n) is 11.1. The number of alkyl halides is 2. The van der Waals surface area contributed by atoms with E-state index in [9.17, 15) is 23.5 Å². The summed E-state index contributed by atoms with van der Waals surface area (Å²) in [5, 5.41) is 19.4. The van der Waals surface area contributed by atoms with E-state index in [0.29, 0.717) is 4.88 Å². The Hall–Kier alpha value is -3.02. The Morgan fingerprint density at radius 3 is 2.71 bits per heavy atom. The van der Waals surface area contributed by atoms with Crippen molar-refractivity contribution in [3.8, 4) is 11.8 Å². The molecule has 34 heavy (non-hydrogen) atoms. The Morgan fingerprint density at radius 2 is 2.03 bits per heavy atom. The number of carboxylic acids is 1. The Kier molecular flexibility index (Phi) is 8.59. The van der Waals surface area contributed by atoms with E-state index in [1.165, 1.54) is 29.8 Å². The lowest BCUT2D eigenvalue weighted by Gasteiger charge is -2.20. The van der Waals surface area contributed by atoms with E-state index in [-0.39, 0.29) is 17.3 Å². The van der Waals surface area contributed by atoms with Crippen LogP contribution in [0.15, 0.2) is 54.6 Å². The summed E-state index contributed by atoms with van der Waals surface area (Å²) in [6.45, 7) is 1.69. The Bertz CT molecular complexity index is 1090. The third-order valence-electron chi connectivity index (χ3n) is 5.80. The third-order valence-corrected chi connectivity index (χ3v) is 6.79. The first-order chi connectivity index (χ1) is 16.2. The Balaban J connectivity index is 1.57. The largest absolute Gasteiger partial charge is 0.477 e. The summed E-state index contributed by atoms with van der Waals surface area (Å²) in [4.78, 5) is 24.7. The number of carbonyl (C=O) groups excluding carboxylic acids is 1. The average Bonchev–Trinajstić information content (AvgIpc) is 3.36. The van der Waals surface area contributed by atoms with Crippen LogP contribution in [0.1, 0.15) is 46.3 Å². The number of aromatic carboxylic acids is 1. The normalized spacial score (nSPS) is 19.1. The quantitative estimate of drug-likeness (QED) is 0.400. The number of aliphatic hydroxyl groups excluding tert-OH is 1. The molecule has 2 aromatic rings. The van der Waals surface area contributed by atoms with Gasteiger partial charge in [-0.15, -0.1) is 11.3 Å². The minimum Gasteiger partial charge on any atom is -0.477 e. The van der Waals surface area contributed by atoms with Crippen LogP contribution in [0.25, 0.3) is 0 Å². The molecule has 3 rings (SSSR count). The molecule has 2 heterocycles. The van der Waals surface area contributed by atoms with Gasteiger partial charge in [0.2, 0.25) is 0 Å². The summed E-state index contributed by atoms with van der Waals surface area (Å²) < 4.78 is 28.2. The van der Waals surface area contributed by atoms with Crippen LogP contribution in [-0.4, -0.2) is 51.6 Å². The number of carbonyl (C=O) groups is 2. The molecule has 1 amide bonds. The van der Waals surface area contributed by atoms with Gasteiger partial charge in [-0.3, -0.25) is 4.79 Å². The van der Waals surface area contributed by atoms with Gasteiger partial charge in [0.1, 0.15) is 4.88 Å². The minimum atomic E-state index is -3.48. The number of rotatable bonds is 9. The monoisotopic (exact) mass is 487 g/mol. The molecule has 3 atom stereocenters. The zero-order chi connectivity index (χ0) is 24.7. The number of likely N-dealkylation sites (tertiary alicyclic amines) is 1. The molecule has 1 aliphatic heterocycles. The lowest BCUT2D eigenvalue weighted by molar-refractivity contribution is -0.147. The van der Waals surface area contributed by atoms with Crippen molar-refractivity contribution >= 4 is 23.2 Å². The van der Waals surface area contributed by atoms with Crippen molar-refractivity contribution in [1.29, 1.82) is 0 Å². The van der Waals surface area contributed by atoms with Gasteiger partial charge in [-0.1, -0.05) is 61.2 Å². The van der Waals surface area contributed by atoms with Crippen molar-refractivity contribution in [2.24, 2.45) is 5.92 Å². The standard InChI is InChI=1S/C26H27F2NO4S/c1-18(7-5-10-19-8-3-2-4-9-19)22(30)14-12-20-17-26(27,28)25(33)29(20)16-6-11-21-13-15-23(34-21)24(31)32/h2-4,8-9,12-15,18,20,22,30H,5,7,10,16-17H2,1H3,(H,31,32)/b14-12+/t18-,20?,22+/m0/s1. The Morgan fingerprint density at radius 1 is 1.29 bits per heavy atom. The second kappa shape index (κ2) is 11.4. The van der Waals surface area contributed by atoms with Crippen LogP contribution < -0.4 is 0 Å². The average molecular weight is 488 g/mol. The maximum Gasteiger partial charge on any atom is 0.345 e. The molecule has 0 spiro atoms. The van der Waals surface area contributed by atoms with Gasteiger partial charge in [0.25, 0.3) is 5.91 Å². The van der Waals surface area contributed by atoms with Gasteiger partial charge in [-0.25, -0.2) is 4.79 Å². The zero-order valence-corrected chi connectivity index (χ0v) is 19.6. The molecule has 1 unspecified atom stereocenters. The zero-order valence-electron chi connectivity index (χ0n) is 18.8. The number of aliphatic hydroxyl groups is 1. The number of halogens is 2. The number of hydrogen-bond acceptors (Lipinski definition) is 4. The lowest BCUT2D eigenvalue weighted by atomic mass is 9.95. The highest BCUT2D eigenvalue weighted by molar-refractivity contribution is 7.14. The van der Waals surface area contributed by atoms with Gasteiger partial charge in [0, 0.05) is 6.42 Å². The van der Waals surface area contributed by atoms with E-state index >= 15 is 0 Å². The fourth-order valence-electron chi connectivity index (χ4n) is 3.79. The molecule has 2 N–H and O–H groups in total. The topological polar surface area (TPSA) is 77.8 Å². The second-order valence-electron chi connectivity index (χ2n) is 8.41. The van der Waals surface area contributed by atoms with Crippen LogP contribution in [0.2, 0.25) is 0 Å². The van der Waals surface area contributed by atoms with Crippen LogP contribution >= 0.6 is 11.3 Å². The molecule has 0 bridgehead atoms.